The third-order valence-electron chi connectivity index (χ3n) is 2.27. The van der Waals surface area contributed by atoms with E-state index in [0.29, 0.717) is 12.1 Å². The first kappa shape index (κ1) is 11.8. The highest BCUT2D eigenvalue weighted by atomic mass is 16.5. The predicted octanol–water partition coefficient (Wildman–Crippen LogP) is 2.15. The van der Waals surface area contributed by atoms with Crippen molar-refractivity contribution >= 4 is 13.8 Å². The van der Waals surface area contributed by atoms with Gasteiger partial charge in [-0.3, -0.25) is 4.79 Å². The zero-order chi connectivity index (χ0) is 11.4. The van der Waals surface area contributed by atoms with E-state index in [9.17, 15) is 4.79 Å². The number of carbonyl (C=O) groups excluding carboxylic acids is 1. The molecule has 15 heavy (non-hydrogen) atoms. The molecule has 2 nitrogen and oxygen atoms in total. The van der Waals surface area contributed by atoms with E-state index in [0.717, 1.165) is 23.1 Å². The maximum atomic E-state index is 10.9. The van der Waals surface area contributed by atoms with Crippen LogP contribution >= 0.6 is 0 Å². The van der Waals surface area contributed by atoms with Gasteiger partial charge in [-0.25, -0.2) is 0 Å². The lowest BCUT2D eigenvalue weighted by atomic mass is 9.93. The molecule has 0 atom stereocenters. The van der Waals surface area contributed by atoms with Crippen molar-refractivity contribution in [2.24, 2.45) is 0 Å². The van der Waals surface area contributed by atoms with Crippen LogP contribution in [0.4, 0.5) is 0 Å². The van der Waals surface area contributed by atoms with Gasteiger partial charge in [-0.15, -0.1) is 0 Å². The Hall–Kier alpha value is -1.25. The summed E-state index contributed by atoms with van der Waals surface area (Å²) in [7, 11) is 5.59. The summed E-state index contributed by atoms with van der Waals surface area (Å²) in [5.41, 5.74) is 3.07. The highest BCUT2D eigenvalue weighted by Gasteiger charge is 2.09. The van der Waals surface area contributed by atoms with Crippen LogP contribution in [0.3, 0.4) is 0 Å². The minimum Gasteiger partial charge on any atom is -0.426 e. The third-order valence-corrected chi connectivity index (χ3v) is 2.27. The van der Waals surface area contributed by atoms with E-state index in [2.05, 4.69) is 0 Å². The Balaban J connectivity index is 3.18. The topological polar surface area (TPSA) is 26.3 Å². The Kier molecular flexibility index (Phi) is 3.95. The molecule has 0 fully saturated rings. The fraction of sp³-hybridized carbons (Fsp3) is 0.417. The standard InChI is InChI=1S/C12H15BO2/c1-4-11-6-10(7-13)5-8(2)12(11)15-9(3)14/h5-6H,4,7H2,1-3H3. The van der Waals surface area contributed by atoms with Crippen LogP contribution in [0.2, 0.25) is 0 Å². The molecule has 1 aromatic carbocycles. The summed E-state index contributed by atoms with van der Waals surface area (Å²) in [6, 6.07) is 3.95. The Bertz CT molecular complexity index is 372. The smallest absolute Gasteiger partial charge is 0.308 e. The molecular formula is C12H15BO2. The molecule has 0 amide bonds. The first-order chi connectivity index (χ1) is 7.08. The average molecular weight is 202 g/mol. The van der Waals surface area contributed by atoms with Crippen molar-refractivity contribution in [1.29, 1.82) is 0 Å². The second-order valence-corrected chi connectivity index (χ2v) is 3.55. The predicted molar refractivity (Wildman–Crippen MR) is 61.3 cm³/mol. The summed E-state index contributed by atoms with van der Waals surface area (Å²) in [5.74, 6) is 0.399. The third kappa shape index (κ3) is 2.85. The monoisotopic (exact) mass is 202 g/mol. The van der Waals surface area contributed by atoms with E-state index in [4.69, 9.17) is 12.6 Å². The molecule has 0 saturated carbocycles. The van der Waals surface area contributed by atoms with Crippen molar-refractivity contribution in [2.45, 2.75) is 33.5 Å². The zero-order valence-electron chi connectivity index (χ0n) is 9.46. The average Bonchev–Trinajstić information content (AvgIpc) is 2.20. The second kappa shape index (κ2) is 5.01. The zero-order valence-corrected chi connectivity index (χ0v) is 9.46. The second-order valence-electron chi connectivity index (χ2n) is 3.55. The van der Waals surface area contributed by atoms with Crippen LogP contribution in [0.1, 0.15) is 30.5 Å². The van der Waals surface area contributed by atoms with E-state index in [-0.39, 0.29) is 5.97 Å². The highest BCUT2D eigenvalue weighted by molar-refractivity contribution is 6.08. The van der Waals surface area contributed by atoms with E-state index in [1.807, 2.05) is 26.0 Å². The van der Waals surface area contributed by atoms with Gasteiger partial charge in [-0.05, 0) is 24.5 Å². The largest absolute Gasteiger partial charge is 0.426 e. The lowest BCUT2D eigenvalue weighted by Gasteiger charge is -2.12. The summed E-state index contributed by atoms with van der Waals surface area (Å²) >= 11 is 0. The number of hydrogen-bond donors (Lipinski definition) is 0. The van der Waals surface area contributed by atoms with Crippen LogP contribution < -0.4 is 4.74 Å². The molecule has 0 unspecified atom stereocenters. The van der Waals surface area contributed by atoms with Crippen molar-refractivity contribution in [3.05, 3.63) is 28.8 Å². The lowest BCUT2D eigenvalue weighted by molar-refractivity contribution is -0.131. The first-order valence-electron chi connectivity index (χ1n) is 5.09. The van der Waals surface area contributed by atoms with Gasteiger partial charge < -0.3 is 4.74 Å². The molecule has 0 aliphatic heterocycles. The summed E-state index contributed by atoms with van der Waals surface area (Å²) in [4.78, 5) is 10.9. The number of ether oxygens (including phenoxy) is 1. The van der Waals surface area contributed by atoms with Crippen molar-refractivity contribution in [1.82, 2.24) is 0 Å². The summed E-state index contributed by atoms with van der Waals surface area (Å²) in [6.07, 6.45) is 1.34. The molecule has 0 spiro atoms. The SMILES string of the molecule is [B]Cc1cc(C)c(OC(C)=O)c(CC)c1. The Morgan fingerprint density at radius 2 is 2.13 bits per heavy atom. The Labute approximate surface area is 92.0 Å². The van der Waals surface area contributed by atoms with Gasteiger partial charge in [0, 0.05) is 6.92 Å². The van der Waals surface area contributed by atoms with Gasteiger partial charge in [0.15, 0.2) is 0 Å². The summed E-state index contributed by atoms with van der Waals surface area (Å²) in [5, 5.41) is 0. The normalized spacial score (nSPS) is 10.1. The van der Waals surface area contributed by atoms with Gasteiger partial charge in [-0.1, -0.05) is 30.9 Å². The van der Waals surface area contributed by atoms with E-state index in [1.165, 1.54) is 6.92 Å². The first-order valence-corrected chi connectivity index (χ1v) is 5.09. The molecule has 78 valence electrons. The van der Waals surface area contributed by atoms with Crippen LogP contribution in [0.5, 0.6) is 5.75 Å². The van der Waals surface area contributed by atoms with Gasteiger partial charge in [-0.2, -0.15) is 0 Å². The Morgan fingerprint density at radius 3 is 2.60 bits per heavy atom. The van der Waals surface area contributed by atoms with E-state index < -0.39 is 0 Å². The minimum absolute atomic E-state index is 0.284. The maximum absolute atomic E-state index is 10.9. The van der Waals surface area contributed by atoms with Gasteiger partial charge in [0.2, 0.25) is 0 Å². The van der Waals surface area contributed by atoms with E-state index in [1.54, 1.807) is 0 Å². The Morgan fingerprint density at radius 1 is 1.47 bits per heavy atom. The molecule has 1 rings (SSSR count). The highest BCUT2D eigenvalue weighted by Crippen LogP contribution is 2.26. The quantitative estimate of drug-likeness (QED) is 0.426. The van der Waals surface area contributed by atoms with Crippen molar-refractivity contribution < 1.29 is 9.53 Å². The summed E-state index contributed by atoms with van der Waals surface area (Å²) in [6.45, 7) is 5.37. The maximum Gasteiger partial charge on any atom is 0.308 e. The van der Waals surface area contributed by atoms with Gasteiger partial charge >= 0.3 is 5.97 Å². The van der Waals surface area contributed by atoms with E-state index >= 15 is 0 Å². The molecule has 0 heterocycles. The molecule has 0 N–H and O–H groups in total. The van der Waals surface area contributed by atoms with Crippen LogP contribution in [-0.2, 0) is 17.5 Å². The molecular weight excluding hydrogens is 187 g/mol. The molecule has 0 bridgehead atoms. The number of aryl methyl sites for hydroxylation is 2. The fourth-order valence-electron chi connectivity index (χ4n) is 1.60. The van der Waals surface area contributed by atoms with Crippen LogP contribution in [0.15, 0.2) is 12.1 Å². The lowest BCUT2D eigenvalue weighted by Crippen LogP contribution is -2.06. The van der Waals surface area contributed by atoms with Crippen molar-refractivity contribution in [3.8, 4) is 5.75 Å². The number of carbonyl (C=O) groups is 1. The molecule has 2 radical (unpaired) electrons. The number of esters is 1. The minimum atomic E-state index is -0.284. The number of hydrogen-bond acceptors (Lipinski definition) is 2. The molecule has 3 heteroatoms. The molecule has 1 aromatic rings. The van der Waals surface area contributed by atoms with Gasteiger partial charge in [0.05, 0.1) is 7.85 Å². The van der Waals surface area contributed by atoms with Crippen LogP contribution in [-0.4, -0.2) is 13.8 Å². The van der Waals surface area contributed by atoms with Crippen LogP contribution in [0, 0.1) is 6.92 Å². The molecule has 0 aliphatic rings. The molecule has 0 aliphatic carbocycles. The number of rotatable bonds is 3. The van der Waals surface area contributed by atoms with Gasteiger partial charge in [0.1, 0.15) is 5.75 Å². The number of benzene rings is 1. The summed E-state index contributed by atoms with van der Waals surface area (Å²) < 4.78 is 5.19. The van der Waals surface area contributed by atoms with Crippen molar-refractivity contribution in [2.75, 3.05) is 0 Å². The van der Waals surface area contributed by atoms with Crippen molar-refractivity contribution in [3.63, 3.8) is 0 Å². The van der Waals surface area contributed by atoms with Crippen LogP contribution in [0.25, 0.3) is 0 Å². The fourth-order valence-corrected chi connectivity index (χ4v) is 1.60. The molecule has 0 saturated heterocycles. The van der Waals surface area contributed by atoms with Gasteiger partial charge in [0.25, 0.3) is 0 Å². The molecule has 0 aromatic heterocycles.